The first-order valence-electron chi connectivity index (χ1n) is 4.19. The highest BCUT2D eigenvalue weighted by molar-refractivity contribution is 5.07. The second kappa shape index (κ2) is 2.69. The first-order valence-corrected chi connectivity index (χ1v) is 4.19. The van der Waals surface area contributed by atoms with E-state index in [1.807, 2.05) is 0 Å². The number of aliphatic hydroxyl groups excluding tert-OH is 1. The molecular formula is C9H12O4. The van der Waals surface area contributed by atoms with E-state index in [0.717, 1.165) is 0 Å². The van der Waals surface area contributed by atoms with Crippen LogP contribution in [0, 0.1) is 12.3 Å². The summed E-state index contributed by atoms with van der Waals surface area (Å²) in [6.07, 6.45) is 2.74. The first-order chi connectivity index (χ1) is 6.03. The van der Waals surface area contributed by atoms with Gasteiger partial charge in [-0.25, -0.2) is 0 Å². The second-order valence-corrected chi connectivity index (χ2v) is 3.68. The Morgan fingerprint density at radius 1 is 1.38 bits per heavy atom. The maximum atomic E-state index is 9.62. The smallest absolute Gasteiger partial charge is 0.191 e. The van der Waals surface area contributed by atoms with Crippen molar-refractivity contribution in [3.05, 3.63) is 0 Å². The van der Waals surface area contributed by atoms with Gasteiger partial charge in [-0.15, -0.1) is 6.42 Å². The van der Waals surface area contributed by atoms with Gasteiger partial charge in [0.05, 0.1) is 0 Å². The van der Waals surface area contributed by atoms with Crippen molar-refractivity contribution in [3.8, 4) is 12.3 Å². The van der Waals surface area contributed by atoms with E-state index in [0.29, 0.717) is 0 Å². The van der Waals surface area contributed by atoms with Crippen LogP contribution in [0.15, 0.2) is 0 Å². The fourth-order valence-electron chi connectivity index (χ4n) is 1.63. The molecule has 2 aliphatic heterocycles. The Labute approximate surface area is 76.8 Å². The maximum absolute atomic E-state index is 9.62. The molecule has 2 heterocycles. The number of hydrogen-bond acceptors (Lipinski definition) is 4. The molecule has 0 unspecified atom stereocenters. The Morgan fingerprint density at radius 3 is 2.62 bits per heavy atom. The molecule has 4 atom stereocenters. The van der Waals surface area contributed by atoms with Gasteiger partial charge in [-0.3, -0.25) is 0 Å². The normalized spacial score (nSPS) is 47.2. The molecule has 0 radical (unpaired) electrons. The molecule has 0 bridgehead atoms. The molecule has 2 fully saturated rings. The van der Waals surface area contributed by atoms with Gasteiger partial charge < -0.3 is 19.3 Å². The van der Waals surface area contributed by atoms with Crippen molar-refractivity contribution in [3.63, 3.8) is 0 Å². The van der Waals surface area contributed by atoms with E-state index in [-0.39, 0.29) is 0 Å². The van der Waals surface area contributed by atoms with Gasteiger partial charge in [0.15, 0.2) is 12.1 Å². The summed E-state index contributed by atoms with van der Waals surface area (Å²) in [6.45, 7) is 3.54. The Balaban J connectivity index is 2.12. The minimum atomic E-state index is -0.795. The van der Waals surface area contributed by atoms with Crippen LogP contribution in [0.1, 0.15) is 13.8 Å². The van der Waals surface area contributed by atoms with Crippen molar-refractivity contribution in [2.24, 2.45) is 0 Å². The van der Waals surface area contributed by atoms with Crippen LogP contribution in [0.2, 0.25) is 0 Å². The fourth-order valence-corrected chi connectivity index (χ4v) is 1.63. The summed E-state index contributed by atoms with van der Waals surface area (Å²) in [4.78, 5) is 0. The highest BCUT2D eigenvalue weighted by Crippen LogP contribution is 2.36. The predicted molar refractivity (Wildman–Crippen MR) is 43.5 cm³/mol. The fraction of sp³-hybridized carbons (Fsp3) is 0.778. The minimum Gasteiger partial charge on any atom is -0.386 e. The van der Waals surface area contributed by atoms with Gasteiger partial charge >= 0.3 is 0 Å². The molecular weight excluding hydrogens is 172 g/mol. The summed E-state index contributed by atoms with van der Waals surface area (Å²) >= 11 is 0. The van der Waals surface area contributed by atoms with Crippen LogP contribution in [0.4, 0.5) is 0 Å². The molecule has 0 spiro atoms. The summed E-state index contributed by atoms with van der Waals surface area (Å²) in [5, 5.41) is 9.62. The molecule has 1 N–H and O–H groups in total. The van der Waals surface area contributed by atoms with E-state index in [1.54, 1.807) is 13.8 Å². The lowest BCUT2D eigenvalue weighted by molar-refractivity contribution is -0.208. The zero-order valence-corrected chi connectivity index (χ0v) is 7.56. The van der Waals surface area contributed by atoms with Crippen molar-refractivity contribution in [1.29, 1.82) is 0 Å². The molecule has 0 aromatic carbocycles. The quantitative estimate of drug-likeness (QED) is 0.532. The largest absolute Gasteiger partial charge is 0.386 e. The van der Waals surface area contributed by atoms with E-state index in [1.165, 1.54) is 0 Å². The highest BCUT2D eigenvalue weighted by atomic mass is 16.8. The van der Waals surface area contributed by atoms with Crippen molar-refractivity contribution >= 4 is 0 Å². The minimum absolute atomic E-state index is 0.462. The average molecular weight is 184 g/mol. The summed E-state index contributed by atoms with van der Waals surface area (Å²) < 4.78 is 16.0. The molecule has 0 aromatic heterocycles. The molecule has 2 saturated heterocycles. The summed E-state index contributed by atoms with van der Waals surface area (Å²) in [5.41, 5.74) is 0. The first kappa shape index (κ1) is 8.97. The van der Waals surface area contributed by atoms with Crippen molar-refractivity contribution < 1.29 is 19.3 Å². The molecule has 0 saturated carbocycles. The lowest BCUT2D eigenvalue weighted by atomic mass is 10.1. The standard InChI is InChI=1S/C9H12O4/c1-4-5-6(10)7-8(11-5)13-9(2,3)12-7/h1,5-8,10H,2-3H3/t5-,6+,7-,8-/m1/s1. The van der Waals surface area contributed by atoms with E-state index in [2.05, 4.69) is 5.92 Å². The van der Waals surface area contributed by atoms with Gasteiger partial charge in [-0.05, 0) is 13.8 Å². The highest BCUT2D eigenvalue weighted by Gasteiger charge is 2.53. The molecule has 4 nitrogen and oxygen atoms in total. The third-order valence-electron chi connectivity index (χ3n) is 2.18. The molecule has 0 aromatic rings. The van der Waals surface area contributed by atoms with E-state index >= 15 is 0 Å². The number of terminal acetylenes is 1. The van der Waals surface area contributed by atoms with Crippen molar-refractivity contribution in [2.75, 3.05) is 0 Å². The molecule has 2 aliphatic rings. The molecule has 0 aliphatic carbocycles. The number of rotatable bonds is 0. The van der Waals surface area contributed by atoms with Gasteiger partial charge in [0.1, 0.15) is 18.3 Å². The Hall–Kier alpha value is -0.600. The summed E-state index contributed by atoms with van der Waals surface area (Å²) in [6, 6.07) is 0. The topological polar surface area (TPSA) is 47.9 Å². The second-order valence-electron chi connectivity index (χ2n) is 3.68. The lowest BCUT2D eigenvalue weighted by Crippen LogP contribution is -2.33. The van der Waals surface area contributed by atoms with Gasteiger partial charge in [0.25, 0.3) is 0 Å². The van der Waals surface area contributed by atoms with Gasteiger partial charge in [0.2, 0.25) is 0 Å². The summed E-state index contributed by atoms with van der Waals surface area (Å²) in [7, 11) is 0. The van der Waals surface area contributed by atoms with E-state index in [9.17, 15) is 5.11 Å². The van der Waals surface area contributed by atoms with Gasteiger partial charge in [0, 0.05) is 0 Å². The van der Waals surface area contributed by atoms with Crippen LogP contribution in [0.3, 0.4) is 0 Å². The Kier molecular flexibility index (Phi) is 1.86. The zero-order valence-electron chi connectivity index (χ0n) is 7.56. The predicted octanol–water partition coefficient (Wildman–Crippen LogP) is -0.143. The molecule has 0 amide bonds. The third kappa shape index (κ3) is 1.34. The lowest BCUT2D eigenvalue weighted by Gasteiger charge is -2.20. The Bertz CT molecular complexity index is 255. The third-order valence-corrected chi connectivity index (χ3v) is 2.18. The number of fused-ring (bicyclic) bond motifs is 1. The molecule has 72 valence electrons. The van der Waals surface area contributed by atoms with Crippen LogP contribution in [-0.2, 0) is 14.2 Å². The molecule has 13 heavy (non-hydrogen) atoms. The van der Waals surface area contributed by atoms with Gasteiger partial charge in [-0.1, -0.05) is 5.92 Å². The van der Waals surface area contributed by atoms with Crippen LogP contribution in [-0.4, -0.2) is 35.5 Å². The van der Waals surface area contributed by atoms with Crippen LogP contribution in [0.5, 0.6) is 0 Å². The molecule has 4 heteroatoms. The number of aliphatic hydroxyl groups is 1. The van der Waals surface area contributed by atoms with E-state index < -0.39 is 30.4 Å². The number of hydrogen-bond donors (Lipinski definition) is 1. The zero-order chi connectivity index (χ0) is 9.64. The van der Waals surface area contributed by atoms with Crippen molar-refractivity contribution in [2.45, 2.75) is 44.2 Å². The van der Waals surface area contributed by atoms with Crippen LogP contribution < -0.4 is 0 Å². The average Bonchev–Trinajstić information content (AvgIpc) is 2.47. The summed E-state index contributed by atoms with van der Waals surface area (Å²) in [5.74, 6) is 1.64. The Morgan fingerprint density at radius 2 is 2.08 bits per heavy atom. The maximum Gasteiger partial charge on any atom is 0.191 e. The number of ether oxygens (including phenoxy) is 3. The van der Waals surface area contributed by atoms with Gasteiger partial charge in [-0.2, -0.15) is 0 Å². The monoisotopic (exact) mass is 184 g/mol. The van der Waals surface area contributed by atoms with Crippen LogP contribution in [0.25, 0.3) is 0 Å². The molecule has 2 rings (SSSR count). The van der Waals surface area contributed by atoms with Crippen LogP contribution >= 0.6 is 0 Å². The van der Waals surface area contributed by atoms with E-state index in [4.69, 9.17) is 20.6 Å². The van der Waals surface area contributed by atoms with Crippen molar-refractivity contribution in [1.82, 2.24) is 0 Å². The SMILES string of the molecule is C#C[C@H]1O[C@@H]2OC(C)(C)O[C@@H]2[C@H]1O.